The van der Waals surface area contributed by atoms with Crippen LogP contribution >= 0.6 is 0 Å². The molecule has 0 aliphatic heterocycles. The summed E-state index contributed by atoms with van der Waals surface area (Å²) in [6, 6.07) is 0. The molecule has 76 valence electrons. The van der Waals surface area contributed by atoms with E-state index in [1.165, 1.54) is 0 Å². The van der Waals surface area contributed by atoms with Crippen LogP contribution in [0.25, 0.3) is 0 Å². The van der Waals surface area contributed by atoms with E-state index in [-0.39, 0.29) is 17.2 Å². The zero-order valence-corrected chi connectivity index (χ0v) is 7.84. The standard InChI is InChI=1S/C8H15NO4/c1-6(2)3-7(4-8(10)11)5-9(12)13/h5-7H,3-4H2,1-2H3,(H2-,10,11,12,13)/p+1/t7-/m0/s1. The summed E-state index contributed by atoms with van der Waals surface area (Å²) in [5, 5.41) is 25.5. The quantitative estimate of drug-likeness (QED) is 0.343. The molecule has 5 heteroatoms. The lowest BCUT2D eigenvalue weighted by Crippen LogP contribution is -2.17. The van der Waals surface area contributed by atoms with Gasteiger partial charge in [-0.05, 0) is 12.3 Å². The molecule has 0 aliphatic carbocycles. The normalized spacial score (nSPS) is 12.5. The molecular weight excluding hydrogens is 174 g/mol. The van der Waals surface area contributed by atoms with Crippen LogP contribution in [-0.4, -0.2) is 32.6 Å². The molecule has 0 aromatic heterocycles. The van der Waals surface area contributed by atoms with Crippen LogP contribution < -0.4 is 0 Å². The Kier molecular flexibility index (Phi) is 4.87. The van der Waals surface area contributed by atoms with Gasteiger partial charge in [-0.15, -0.1) is 0 Å². The molecule has 5 nitrogen and oxygen atoms in total. The van der Waals surface area contributed by atoms with Crippen LogP contribution in [0.2, 0.25) is 0 Å². The minimum atomic E-state index is -0.941. The molecule has 0 fully saturated rings. The van der Waals surface area contributed by atoms with Crippen molar-refractivity contribution in [2.45, 2.75) is 26.7 Å². The number of rotatable bonds is 5. The van der Waals surface area contributed by atoms with Gasteiger partial charge in [0.25, 0.3) is 6.21 Å². The zero-order valence-electron chi connectivity index (χ0n) is 7.84. The van der Waals surface area contributed by atoms with Crippen molar-refractivity contribution in [3.05, 3.63) is 0 Å². The first-order chi connectivity index (χ1) is 5.91. The van der Waals surface area contributed by atoms with Crippen molar-refractivity contribution in [2.24, 2.45) is 11.8 Å². The van der Waals surface area contributed by atoms with Crippen molar-refractivity contribution in [1.29, 1.82) is 0 Å². The maximum absolute atomic E-state index is 10.4. The highest BCUT2D eigenvalue weighted by Gasteiger charge is 2.18. The molecule has 0 spiro atoms. The fraction of sp³-hybridized carbons (Fsp3) is 0.750. The maximum Gasteiger partial charge on any atom is 0.304 e. The molecule has 0 saturated heterocycles. The third-order valence-corrected chi connectivity index (χ3v) is 1.56. The van der Waals surface area contributed by atoms with Gasteiger partial charge in [0.2, 0.25) is 0 Å². The number of hydrogen-bond acceptors (Lipinski definition) is 3. The van der Waals surface area contributed by atoms with Gasteiger partial charge in [0.05, 0.1) is 12.3 Å². The van der Waals surface area contributed by atoms with Gasteiger partial charge in [-0.3, -0.25) is 4.79 Å². The van der Waals surface area contributed by atoms with Gasteiger partial charge < -0.3 is 5.11 Å². The first-order valence-electron chi connectivity index (χ1n) is 4.15. The highest BCUT2D eigenvalue weighted by molar-refractivity contribution is 5.71. The van der Waals surface area contributed by atoms with Crippen molar-refractivity contribution >= 4 is 12.2 Å². The lowest BCUT2D eigenvalue weighted by molar-refractivity contribution is -0.953. The van der Waals surface area contributed by atoms with Crippen molar-refractivity contribution in [2.75, 3.05) is 0 Å². The molecule has 0 bridgehead atoms. The Balaban J connectivity index is 4.19. The first kappa shape index (κ1) is 11.7. The number of aliphatic carboxylic acids is 1. The second-order valence-corrected chi connectivity index (χ2v) is 3.46. The number of nitrogens with zero attached hydrogens (tertiary/aromatic N) is 1. The lowest BCUT2D eigenvalue weighted by atomic mass is 9.95. The van der Waals surface area contributed by atoms with E-state index in [1.807, 2.05) is 13.8 Å². The summed E-state index contributed by atoms with van der Waals surface area (Å²) in [5.74, 6) is -0.961. The molecule has 1 atom stereocenters. The second kappa shape index (κ2) is 5.40. The van der Waals surface area contributed by atoms with E-state index in [4.69, 9.17) is 15.5 Å². The maximum atomic E-state index is 10.4. The van der Waals surface area contributed by atoms with Gasteiger partial charge in [-0.2, -0.15) is 0 Å². The van der Waals surface area contributed by atoms with Crippen molar-refractivity contribution in [3.63, 3.8) is 0 Å². The van der Waals surface area contributed by atoms with Gasteiger partial charge in [0, 0.05) is 0 Å². The van der Waals surface area contributed by atoms with Crippen LogP contribution in [0.5, 0.6) is 0 Å². The molecule has 0 aromatic rings. The fourth-order valence-electron chi connectivity index (χ4n) is 1.22. The number of hydrogen-bond donors (Lipinski definition) is 3. The van der Waals surface area contributed by atoms with Gasteiger partial charge in [-0.25, -0.2) is 10.4 Å². The SMILES string of the molecule is CC(C)C[C@H](C=[N+](O)O)CC(=O)O. The summed E-state index contributed by atoms with van der Waals surface area (Å²) < 4.78 is 0. The van der Waals surface area contributed by atoms with Crippen molar-refractivity contribution in [1.82, 2.24) is 0 Å². The Bertz CT molecular complexity index is 196. The van der Waals surface area contributed by atoms with E-state index < -0.39 is 5.97 Å². The molecule has 0 amide bonds. The molecule has 0 aromatic carbocycles. The Morgan fingerprint density at radius 1 is 1.46 bits per heavy atom. The Labute approximate surface area is 76.9 Å². The number of carbonyl (C=O) groups is 1. The Hall–Kier alpha value is -1.26. The molecule has 0 radical (unpaired) electrons. The van der Waals surface area contributed by atoms with E-state index in [1.54, 1.807) is 0 Å². The molecule has 3 N–H and O–H groups in total. The van der Waals surface area contributed by atoms with Crippen LogP contribution in [0.15, 0.2) is 0 Å². The molecule has 0 aliphatic rings. The van der Waals surface area contributed by atoms with Gasteiger partial charge in [-0.1, -0.05) is 13.8 Å². The molecule has 0 heterocycles. The molecule has 13 heavy (non-hydrogen) atoms. The van der Waals surface area contributed by atoms with Gasteiger partial charge >= 0.3 is 5.97 Å². The summed E-state index contributed by atoms with van der Waals surface area (Å²) >= 11 is 0. The highest BCUT2D eigenvalue weighted by atomic mass is 16.8. The molecule has 0 saturated carbocycles. The van der Waals surface area contributed by atoms with Crippen LogP contribution in [-0.2, 0) is 4.79 Å². The smallest absolute Gasteiger partial charge is 0.304 e. The predicted molar refractivity (Wildman–Crippen MR) is 45.1 cm³/mol. The Morgan fingerprint density at radius 2 is 2.00 bits per heavy atom. The van der Waals surface area contributed by atoms with E-state index in [0.717, 1.165) is 6.21 Å². The monoisotopic (exact) mass is 190 g/mol. The fourth-order valence-corrected chi connectivity index (χ4v) is 1.22. The largest absolute Gasteiger partial charge is 0.481 e. The van der Waals surface area contributed by atoms with Crippen LogP contribution in [0.4, 0.5) is 0 Å². The summed E-state index contributed by atoms with van der Waals surface area (Å²) in [7, 11) is 0. The van der Waals surface area contributed by atoms with Crippen molar-refractivity contribution in [3.8, 4) is 0 Å². The second-order valence-electron chi connectivity index (χ2n) is 3.46. The average molecular weight is 190 g/mol. The van der Waals surface area contributed by atoms with Crippen LogP contribution in [0, 0.1) is 11.8 Å². The van der Waals surface area contributed by atoms with Crippen LogP contribution in [0.1, 0.15) is 26.7 Å². The third kappa shape index (κ3) is 7.11. The average Bonchev–Trinajstić information content (AvgIpc) is 1.80. The lowest BCUT2D eigenvalue weighted by Gasteiger charge is -2.08. The Morgan fingerprint density at radius 3 is 2.31 bits per heavy atom. The van der Waals surface area contributed by atoms with Gasteiger partial charge in [0.1, 0.15) is 0 Å². The van der Waals surface area contributed by atoms with Gasteiger partial charge in [0.15, 0.2) is 4.90 Å². The van der Waals surface area contributed by atoms with E-state index in [9.17, 15) is 4.79 Å². The number of carboxylic acids is 1. The van der Waals surface area contributed by atoms with E-state index in [2.05, 4.69) is 0 Å². The molecule has 0 rings (SSSR count). The summed E-state index contributed by atoms with van der Waals surface area (Å²) in [5.41, 5.74) is 0. The van der Waals surface area contributed by atoms with E-state index >= 15 is 0 Å². The number of carboxylic acid groups (broad SMARTS) is 1. The van der Waals surface area contributed by atoms with Crippen LogP contribution in [0.3, 0.4) is 0 Å². The minimum absolute atomic E-state index is 0.0734. The topological polar surface area (TPSA) is 80.8 Å². The zero-order chi connectivity index (χ0) is 10.4. The highest BCUT2D eigenvalue weighted by Crippen LogP contribution is 2.13. The summed E-state index contributed by atoms with van der Waals surface area (Å²) in [6.07, 6.45) is 1.62. The summed E-state index contributed by atoms with van der Waals surface area (Å²) in [4.78, 5) is 10.3. The molecular formula is C8H16NO4+. The molecule has 0 unspecified atom stereocenters. The third-order valence-electron chi connectivity index (χ3n) is 1.56. The van der Waals surface area contributed by atoms with Crippen molar-refractivity contribution < 1.29 is 25.2 Å². The van der Waals surface area contributed by atoms with E-state index in [0.29, 0.717) is 12.3 Å². The first-order valence-corrected chi connectivity index (χ1v) is 4.15. The summed E-state index contributed by atoms with van der Waals surface area (Å²) in [6.45, 7) is 3.89. The predicted octanol–water partition coefficient (Wildman–Crippen LogP) is 0.985. The minimum Gasteiger partial charge on any atom is -0.481 e.